The number of carbonyl (C=O) groups is 2. The zero-order valence-corrected chi connectivity index (χ0v) is 15.8. The minimum atomic E-state index is -0.409. The molecule has 1 heterocycles. The number of carbonyl (C=O) groups excluding carboxylic acids is 2. The molecule has 0 spiro atoms. The molecule has 0 atom stereocenters. The van der Waals surface area contributed by atoms with Crippen LogP contribution in [0.5, 0.6) is 0 Å². The second-order valence-electron chi connectivity index (χ2n) is 6.31. The van der Waals surface area contributed by atoms with Crippen LogP contribution in [0.4, 0.5) is 11.4 Å². The number of anilines is 2. The lowest BCUT2D eigenvalue weighted by molar-refractivity contribution is 0.0600. The normalized spacial score (nSPS) is 10.2. The molecule has 0 unspecified atom stereocenters. The lowest BCUT2D eigenvalue weighted by atomic mass is 10.1. The first kappa shape index (κ1) is 19.1. The van der Waals surface area contributed by atoms with E-state index < -0.39 is 5.97 Å². The quantitative estimate of drug-likeness (QED) is 0.662. The maximum absolute atomic E-state index is 12.7. The lowest BCUT2D eigenvalue weighted by Crippen LogP contribution is -2.26. The molecule has 1 amide bonds. The van der Waals surface area contributed by atoms with Crippen LogP contribution in [-0.2, 0) is 11.3 Å². The van der Waals surface area contributed by atoms with Crippen LogP contribution < -0.4 is 5.32 Å². The third-order valence-corrected chi connectivity index (χ3v) is 4.17. The fourth-order valence-electron chi connectivity index (χ4n) is 2.78. The first-order valence-electron chi connectivity index (χ1n) is 8.76. The van der Waals surface area contributed by atoms with Crippen molar-refractivity contribution in [3.8, 4) is 0 Å². The standard InChI is InChI=1S/C22H21N3O3/c1-25(15-16-7-4-3-5-8-16)21(26)18-12-20(14-23-13-18)24-19-10-6-9-17(11-19)22(27)28-2/h3-14,24H,15H2,1-2H3. The molecule has 142 valence electrons. The molecule has 0 fully saturated rings. The molecule has 0 radical (unpaired) electrons. The van der Waals surface area contributed by atoms with Crippen molar-refractivity contribution in [3.05, 3.63) is 89.7 Å². The number of hydrogen-bond acceptors (Lipinski definition) is 5. The van der Waals surface area contributed by atoms with Crippen LogP contribution in [0.1, 0.15) is 26.3 Å². The zero-order chi connectivity index (χ0) is 19.9. The number of hydrogen-bond donors (Lipinski definition) is 1. The van der Waals surface area contributed by atoms with Gasteiger partial charge in [-0.3, -0.25) is 9.78 Å². The Morgan fingerprint density at radius 1 is 0.964 bits per heavy atom. The highest BCUT2D eigenvalue weighted by atomic mass is 16.5. The number of nitrogens with zero attached hydrogens (tertiary/aromatic N) is 2. The van der Waals surface area contributed by atoms with Crippen LogP contribution in [0.15, 0.2) is 73.1 Å². The minimum absolute atomic E-state index is 0.122. The van der Waals surface area contributed by atoms with Gasteiger partial charge < -0.3 is 15.0 Å². The number of esters is 1. The van der Waals surface area contributed by atoms with Crippen LogP contribution in [0.25, 0.3) is 0 Å². The van der Waals surface area contributed by atoms with E-state index in [0.717, 1.165) is 5.56 Å². The Kier molecular flexibility index (Phi) is 6.01. The molecule has 2 aromatic carbocycles. The van der Waals surface area contributed by atoms with E-state index in [-0.39, 0.29) is 5.91 Å². The van der Waals surface area contributed by atoms with E-state index in [4.69, 9.17) is 4.74 Å². The highest BCUT2D eigenvalue weighted by Crippen LogP contribution is 2.19. The van der Waals surface area contributed by atoms with E-state index in [0.29, 0.717) is 29.0 Å². The van der Waals surface area contributed by atoms with Crippen molar-refractivity contribution in [3.63, 3.8) is 0 Å². The average molecular weight is 375 g/mol. The van der Waals surface area contributed by atoms with E-state index in [2.05, 4.69) is 10.3 Å². The van der Waals surface area contributed by atoms with E-state index in [1.54, 1.807) is 48.6 Å². The van der Waals surface area contributed by atoms with Gasteiger partial charge in [0.05, 0.1) is 30.1 Å². The Hall–Kier alpha value is -3.67. The van der Waals surface area contributed by atoms with Crippen molar-refractivity contribution in [2.24, 2.45) is 0 Å². The van der Waals surface area contributed by atoms with Gasteiger partial charge in [0.25, 0.3) is 5.91 Å². The van der Waals surface area contributed by atoms with Gasteiger partial charge in [-0.15, -0.1) is 0 Å². The maximum Gasteiger partial charge on any atom is 0.337 e. The summed E-state index contributed by atoms with van der Waals surface area (Å²) in [6.45, 7) is 0.512. The van der Waals surface area contributed by atoms with Crippen LogP contribution in [0.3, 0.4) is 0 Å². The average Bonchev–Trinajstić information content (AvgIpc) is 2.73. The van der Waals surface area contributed by atoms with E-state index >= 15 is 0 Å². The van der Waals surface area contributed by atoms with E-state index in [1.807, 2.05) is 36.4 Å². The number of amides is 1. The topological polar surface area (TPSA) is 71.5 Å². The summed E-state index contributed by atoms with van der Waals surface area (Å²) in [7, 11) is 3.10. The summed E-state index contributed by atoms with van der Waals surface area (Å²) < 4.78 is 4.74. The summed E-state index contributed by atoms with van der Waals surface area (Å²) in [6, 6.07) is 18.5. The maximum atomic E-state index is 12.7. The van der Waals surface area contributed by atoms with Gasteiger partial charge in [0, 0.05) is 25.5 Å². The lowest BCUT2D eigenvalue weighted by Gasteiger charge is -2.17. The summed E-state index contributed by atoms with van der Waals surface area (Å²) in [4.78, 5) is 30.2. The first-order chi connectivity index (χ1) is 13.6. The Balaban J connectivity index is 1.73. The zero-order valence-electron chi connectivity index (χ0n) is 15.8. The predicted octanol–water partition coefficient (Wildman–Crippen LogP) is 3.88. The fraction of sp³-hybridized carbons (Fsp3) is 0.136. The highest BCUT2D eigenvalue weighted by Gasteiger charge is 2.13. The summed E-state index contributed by atoms with van der Waals surface area (Å²) in [6.07, 6.45) is 3.17. The molecule has 0 saturated carbocycles. The molecule has 3 rings (SSSR count). The Morgan fingerprint density at radius 3 is 2.46 bits per heavy atom. The second kappa shape index (κ2) is 8.81. The largest absolute Gasteiger partial charge is 0.465 e. The van der Waals surface area contributed by atoms with Gasteiger partial charge in [-0.05, 0) is 29.8 Å². The van der Waals surface area contributed by atoms with E-state index in [1.165, 1.54) is 7.11 Å². The Morgan fingerprint density at radius 2 is 1.71 bits per heavy atom. The molecule has 28 heavy (non-hydrogen) atoms. The molecule has 0 aliphatic rings. The van der Waals surface area contributed by atoms with Crippen molar-refractivity contribution in [2.75, 3.05) is 19.5 Å². The molecule has 1 aromatic heterocycles. The van der Waals surface area contributed by atoms with Crippen molar-refractivity contribution < 1.29 is 14.3 Å². The van der Waals surface area contributed by atoms with Crippen molar-refractivity contribution in [2.45, 2.75) is 6.54 Å². The first-order valence-corrected chi connectivity index (χ1v) is 8.76. The number of nitrogens with one attached hydrogen (secondary N) is 1. The molecule has 6 heteroatoms. The molecule has 0 aliphatic carbocycles. The SMILES string of the molecule is COC(=O)c1cccc(Nc2cncc(C(=O)N(C)Cc3ccccc3)c2)c1. The number of rotatable bonds is 6. The third kappa shape index (κ3) is 4.73. The summed E-state index contributed by atoms with van der Waals surface area (Å²) >= 11 is 0. The Labute approximate surface area is 163 Å². The molecule has 6 nitrogen and oxygen atoms in total. The van der Waals surface area contributed by atoms with Gasteiger partial charge in [0.15, 0.2) is 0 Å². The van der Waals surface area contributed by atoms with Crippen LogP contribution in [0, 0.1) is 0 Å². The van der Waals surface area contributed by atoms with Crippen LogP contribution >= 0.6 is 0 Å². The van der Waals surface area contributed by atoms with Gasteiger partial charge in [-0.2, -0.15) is 0 Å². The third-order valence-electron chi connectivity index (χ3n) is 4.17. The van der Waals surface area contributed by atoms with Gasteiger partial charge in [0.1, 0.15) is 0 Å². The van der Waals surface area contributed by atoms with Crippen LogP contribution in [0.2, 0.25) is 0 Å². The summed E-state index contributed by atoms with van der Waals surface area (Å²) in [5.74, 6) is -0.531. The van der Waals surface area contributed by atoms with Gasteiger partial charge in [-0.1, -0.05) is 36.4 Å². The Bertz CT molecular complexity index is 974. The molecular formula is C22H21N3O3. The molecular weight excluding hydrogens is 354 g/mol. The van der Waals surface area contributed by atoms with Crippen molar-refractivity contribution >= 4 is 23.3 Å². The number of methoxy groups -OCH3 is 1. The number of aromatic nitrogens is 1. The van der Waals surface area contributed by atoms with Gasteiger partial charge in [0.2, 0.25) is 0 Å². The molecule has 1 N–H and O–H groups in total. The smallest absolute Gasteiger partial charge is 0.337 e. The molecule has 0 saturated heterocycles. The van der Waals surface area contributed by atoms with Gasteiger partial charge in [-0.25, -0.2) is 4.79 Å². The molecule has 0 bridgehead atoms. The summed E-state index contributed by atoms with van der Waals surface area (Å²) in [5, 5.41) is 3.17. The van der Waals surface area contributed by atoms with Crippen molar-refractivity contribution in [1.82, 2.24) is 9.88 Å². The monoisotopic (exact) mass is 375 g/mol. The summed E-state index contributed by atoms with van der Waals surface area (Å²) in [5.41, 5.74) is 3.33. The van der Waals surface area contributed by atoms with Crippen LogP contribution in [-0.4, -0.2) is 35.9 Å². The second-order valence-corrected chi connectivity index (χ2v) is 6.31. The number of ether oxygens (including phenoxy) is 1. The predicted molar refractivity (Wildman–Crippen MR) is 108 cm³/mol. The van der Waals surface area contributed by atoms with E-state index in [9.17, 15) is 9.59 Å². The number of benzene rings is 2. The fourth-order valence-corrected chi connectivity index (χ4v) is 2.78. The van der Waals surface area contributed by atoms with Gasteiger partial charge >= 0.3 is 5.97 Å². The van der Waals surface area contributed by atoms with Crippen molar-refractivity contribution in [1.29, 1.82) is 0 Å². The molecule has 3 aromatic rings. The molecule has 0 aliphatic heterocycles. The highest BCUT2D eigenvalue weighted by molar-refractivity contribution is 5.95. The minimum Gasteiger partial charge on any atom is -0.465 e. The number of pyridine rings is 1.